The second-order valence-corrected chi connectivity index (χ2v) is 14.9. The van der Waals surface area contributed by atoms with Crippen molar-refractivity contribution in [2.24, 2.45) is 4.99 Å². The maximum Gasteiger partial charge on any atom is 0.330 e. The van der Waals surface area contributed by atoms with Crippen LogP contribution in [0.4, 0.5) is 5.69 Å². The molecule has 0 aliphatic carbocycles. The van der Waals surface area contributed by atoms with Crippen LogP contribution in [0.2, 0.25) is 0 Å². The van der Waals surface area contributed by atoms with Crippen LogP contribution >= 0.6 is 7.60 Å². The molecule has 0 fully saturated rings. The molecule has 2 aromatic carbocycles. The number of amides is 1. The zero-order valence-corrected chi connectivity index (χ0v) is 31.9. The molecule has 49 heavy (non-hydrogen) atoms. The molecule has 0 radical (unpaired) electrons. The largest absolute Gasteiger partial charge is 0.371 e. The Balaban J connectivity index is 1.61. The molecular formula is C40H61N4O4P. The molecular weight excluding hydrogens is 631 g/mol. The number of aryl methyl sites for hydroxylation is 2. The van der Waals surface area contributed by atoms with Crippen molar-refractivity contribution >= 4 is 37.1 Å². The van der Waals surface area contributed by atoms with E-state index < -0.39 is 7.60 Å². The number of allylic oxidation sites excluding steroid dienone is 3. The van der Waals surface area contributed by atoms with Gasteiger partial charge in [0.25, 0.3) is 0 Å². The van der Waals surface area contributed by atoms with Crippen LogP contribution in [-0.2, 0) is 24.8 Å². The van der Waals surface area contributed by atoms with Crippen molar-refractivity contribution in [2.45, 2.75) is 86.1 Å². The molecule has 1 atom stereocenters. The van der Waals surface area contributed by atoms with Gasteiger partial charge in [-0.3, -0.25) is 14.4 Å². The average Bonchev–Trinajstić information content (AvgIpc) is 3.09. The Hall–Kier alpha value is -3.03. The number of carbonyl (C=O) groups excluding carboxylic acids is 1. The summed E-state index contributed by atoms with van der Waals surface area (Å²) in [6.45, 7) is 18.5. The van der Waals surface area contributed by atoms with E-state index in [1.54, 1.807) is 0 Å². The lowest BCUT2D eigenvalue weighted by atomic mass is 9.97. The Morgan fingerprint density at radius 1 is 1.08 bits per heavy atom. The third-order valence-electron chi connectivity index (χ3n) is 8.98. The van der Waals surface area contributed by atoms with Gasteiger partial charge in [0.1, 0.15) is 0 Å². The van der Waals surface area contributed by atoms with Crippen molar-refractivity contribution in [3.63, 3.8) is 0 Å². The summed E-state index contributed by atoms with van der Waals surface area (Å²) in [4.78, 5) is 22.2. The van der Waals surface area contributed by atoms with Crippen molar-refractivity contribution < 1.29 is 18.4 Å². The lowest BCUT2D eigenvalue weighted by molar-refractivity contribution is -0.121. The number of hydrogen-bond acceptors (Lipinski definition) is 7. The van der Waals surface area contributed by atoms with Crippen molar-refractivity contribution in [2.75, 3.05) is 63.5 Å². The van der Waals surface area contributed by atoms with Gasteiger partial charge >= 0.3 is 7.60 Å². The maximum atomic E-state index is 12.8. The van der Waals surface area contributed by atoms with E-state index >= 15 is 0 Å². The Morgan fingerprint density at radius 2 is 1.84 bits per heavy atom. The number of carbonyl (C=O) groups is 1. The Kier molecular flexibility index (Phi) is 18.1. The van der Waals surface area contributed by atoms with Gasteiger partial charge in [-0.05, 0) is 125 Å². The van der Waals surface area contributed by atoms with Crippen LogP contribution in [0.15, 0.2) is 59.6 Å². The third kappa shape index (κ3) is 14.0. The predicted octanol–water partition coefficient (Wildman–Crippen LogP) is 8.59. The summed E-state index contributed by atoms with van der Waals surface area (Å²) in [7, 11) is -3.04. The minimum absolute atomic E-state index is 0.136. The van der Waals surface area contributed by atoms with Crippen molar-refractivity contribution in [1.29, 1.82) is 0 Å². The quantitative estimate of drug-likeness (QED) is 0.0576. The fourth-order valence-corrected chi connectivity index (χ4v) is 7.94. The molecule has 1 unspecified atom stereocenters. The maximum absolute atomic E-state index is 12.8. The van der Waals surface area contributed by atoms with Gasteiger partial charge in [-0.25, -0.2) is 0 Å². The molecule has 0 saturated heterocycles. The fraction of sp³-hybridized carbons (Fsp3) is 0.550. The van der Waals surface area contributed by atoms with Crippen LogP contribution in [-0.4, -0.2) is 81.7 Å². The first-order valence-corrected chi connectivity index (χ1v) is 20.2. The highest BCUT2D eigenvalue weighted by Gasteiger charge is 2.22. The second-order valence-electron chi connectivity index (χ2n) is 12.7. The number of nitrogens with one attached hydrogen (secondary N) is 1. The highest BCUT2D eigenvalue weighted by molar-refractivity contribution is 7.53. The van der Waals surface area contributed by atoms with Gasteiger partial charge in [0, 0.05) is 44.0 Å². The standard InChI is InChI=1S/C40H61N4O4P/c1-7-43(8-2)28-13-17-34(6)42-40(45)25-30-44-29-14-18-37-32-35(21-23-39(37)44)20-22-36(38-19-12-11-16-33(38)5)24-27-41-26-15-31-49(46,47-9-3)48-10-4/h11-12,16,19-24,27,32,34H,7-10,13-15,17-18,25-26,28-31H2,1-6H3,(H,42,45)/b22-20?,36-24-,41-27?. The predicted molar refractivity (Wildman–Crippen MR) is 208 cm³/mol. The van der Waals surface area contributed by atoms with Crippen molar-refractivity contribution in [3.8, 4) is 0 Å². The number of fused-ring (bicyclic) bond motifs is 1. The molecule has 2 aromatic rings. The SMILES string of the molecule is CCOP(=O)(CCCN=C/C=C(/C=Cc1ccc2c(c1)CCCN2CCC(=O)NC(C)CCCN(CC)CC)c1ccccc1C)OCC. The number of hydrogen-bond donors (Lipinski definition) is 1. The molecule has 0 saturated carbocycles. The zero-order valence-electron chi connectivity index (χ0n) is 31.0. The van der Waals surface area contributed by atoms with Gasteiger partial charge in [0.05, 0.1) is 19.4 Å². The molecule has 9 heteroatoms. The molecule has 0 aromatic heterocycles. The monoisotopic (exact) mass is 692 g/mol. The molecule has 1 N–H and O–H groups in total. The Bertz CT molecular complexity index is 1430. The number of nitrogens with zero attached hydrogens (tertiary/aromatic N) is 3. The number of rotatable bonds is 22. The first-order valence-electron chi connectivity index (χ1n) is 18.4. The summed E-state index contributed by atoms with van der Waals surface area (Å²) >= 11 is 0. The lowest BCUT2D eigenvalue weighted by Crippen LogP contribution is -2.37. The molecule has 0 bridgehead atoms. The van der Waals surface area contributed by atoms with Crippen LogP contribution in [0.3, 0.4) is 0 Å². The molecule has 3 rings (SSSR count). The van der Waals surface area contributed by atoms with E-state index in [9.17, 15) is 9.36 Å². The van der Waals surface area contributed by atoms with Gasteiger partial charge in [0.15, 0.2) is 0 Å². The molecule has 0 spiro atoms. The summed E-state index contributed by atoms with van der Waals surface area (Å²) in [5, 5.41) is 3.22. The third-order valence-corrected chi connectivity index (χ3v) is 11.1. The molecule has 270 valence electrons. The molecule has 1 aliphatic heterocycles. The van der Waals surface area contributed by atoms with E-state index in [0.717, 1.165) is 75.1 Å². The zero-order chi connectivity index (χ0) is 35.5. The van der Waals surface area contributed by atoms with Gasteiger partial charge in [-0.2, -0.15) is 0 Å². The molecule has 1 aliphatic rings. The van der Waals surface area contributed by atoms with Gasteiger partial charge in [-0.15, -0.1) is 0 Å². The van der Waals surface area contributed by atoms with Gasteiger partial charge in [-0.1, -0.05) is 56.3 Å². The molecule has 1 amide bonds. The van der Waals surface area contributed by atoms with Gasteiger partial charge in [0.2, 0.25) is 5.91 Å². The summed E-state index contributed by atoms with van der Waals surface area (Å²) in [6, 6.07) is 15.2. The van der Waals surface area contributed by atoms with Crippen LogP contribution in [0.1, 0.15) is 89.0 Å². The van der Waals surface area contributed by atoms with Crippen LogP contribution in [0.25, 0.3) is 11.6 Å². The summed E-state index contributed by atoms with van der Waals surface area (Å²) in [6.07, 6.45) is 13.9. The first-order chi connectivity index (χ1) is 23.7. The highest BCUT2D eigenvalue weighted by atomic mass is 31.2. The fourth-order valence-electron chi connectivity index (χ4n) is 6.29. The summed E-state index contributed by atoms with van der Waals surface area (Å²) in [5.41, 5.74) is 7.14. The van der Waals surface area contributed by atoms with E-state index in [1.165, 1.54) is 16.8 Å². The average molecular weight is 693 g/mol. The van der Waals surface area contributed by atoms with Crippen LogP contribution in [0.5, 0.6) is 0 Å². The summed E-state index contributed by atoms with van der Waals surface area (Å²) in [5.74, 6) is 0.136. The molecule has 8 nitrogen and oxygen atoms in total. The number of aliphatic imine (C=N–C) groups is 1. The molecule has 1 heterocycles. The van der Waals surface area contributed by atoms with Gasteiger partial charge < -0.3 is 24.2 Å². The lowest BCUT2D eigenvalue weighted by Gasteiger charge is -2.31. The minimum Gasteiger partial charge on any atom is -0.371 e. The first kappa shape index (κ1) is 40.4. The van der Waals surface area contributed by atoms with E-state index in [2.05, 4.69) is 102 Å². The van der Waals surface area contributed by atoms with Crippen molar-refractivity contribution in [3.05, 3.63) is 76.9 Å². The van der Waals surface area contributed by atoms with Crippen molar-refractivity contribution in [1.82, 2.24) is 10.2 Å². The van der Waals surface area contributed by atoms with E-state index in [0.29, 0.717) is 38.8 Å². The van der Waals surface area contributed by atoms with Crippen LogP contribution < -0.4 is 10.2 Å². The number of benzene rings is 2. The highest BCUT2D eigenvalue weighted by Crippen LogP contribution is 2.48. The van der Waals surface area contributed by atoms with E-state index in [1.807, 2.05) is 26.1 Å². The second kappa shape index (κ2) is 21.9. The number of anilines is 1. The van der Waals surface area contributed by atoms with E-state index in [4.69, 9.17) is 9.05 Å². The minimum atomic E-state index is -3.04. The Morgan fingerprint density at radius 3 is 2.55 bits per heavy atom. The topological polar surface area (TPSA) is 83.5 Å². The smallest absolute Gasteiger partial charge is 0.330 e. The van der Waals surface area contributed by atoms with Crippen LogP contribution in [0, 0.1) is 6.92 Å². The van der Waals surface area contributed by atoms with E-state index in [-0.39, 0.29) is 11.9 Å². The Labute approximate surface area is 296 Å². The summed E-state index contributed by atoms with van der Waals surface area (Å²) < 4.78 is 23.5. The normalized spacial score (nSPS) is 14.6.